The van der Waals surface area contributed by atoms with Crippen LogP contribution in [0.2, 0.25) is 0 Å². The van der Waals surface area contributed by atoms with E-state index in [1.807, 2.05) is 64.9 Å². The van der Waals surface area contributed by atoms with E-state index in [-0.39, 0.29) is 9.83 Å². The lowest BCUT2D eigenvalue weighted by Crippen LogP contribution is -2.28. The molecule has 0 radical (unpaired) electrons. The van der Waals surface area contributed by atoms with Gasteiger partial charge in [0.05, 0.1) is 0 Å². The summed E-state index contributed by atoms with van der Waals surface area (Å²) >= 11 is 1.87. The Kier molecular flexibility index (Phi) is 4.54. The molecule has 1 rings (SSSR count). The van der Waals surface area contributed by atoms with Crippen LogP contribution in [0.1, 0.15) is 18.5 Å². The normalized spacial score (nSPS) is 12.9. The number of hydrogen-bond donors (Lipinski definition) is 0. The maximum absolute atomic E-state index is 11.5. The molecule has 0 fully saturated rings. The molecule has 0 aromatic heterocycles. The Balaban J connectivity index is 2.95. The second kappa shape index (κ2) is 5.46. The highest BCUT2D eigenvalue weighted by atomic mass is 127. The van der Waals surface area contributed by atoms with Gasteiger partial charge in [-0.25, -0.2) is 0 Å². The number of carbonyl (C=O) groups excluding carboxylic acids is 1. The summed E-state index contributed by atoms with van der Waals surface area (Å²) in [4.78, 5) is 13.5. The number of nitrogens with zero attached hydrogens (tertiary/aromatic N) is 1. The molecule has 0 spiro atoms. The third-order valence-electron chi connectivity index (χ3n) is 2.27. The molecule has 0 heterocycles. The van der Waals surface area contributed by atoms with Crippen LogP contribution in [-0.4, -0.2) is 22.3 Å². The van der Waals surface area contributed by atoms with Crippen LogP contribution in [0.4, 0.5) is 0 Å². The average Bonchev–Trinajstić information content (AvgIpc) is 2.19. The minimum absolute atomic E-state index is 0.109. The lowest BCUT2D eigenvalue weighted by Gasteiger charge is -2.23. The summed E-state index contributed by atoms with van der Waals surface area (Å²) < 4.78 is 0.165. The van der Waals surface area contributed by atoms with Crippen molar-refractivity contribution in [1.29, 1.82) is 0 Å². The van der Waals surface area contributed by atoms with Crippen molar-refractivity contribution in [1.82, 2.24) is 4.90 Å². The molecule has 14 heavy (non-hydrogen) atoms. The number of halogens is 1. The number of benzene rings is 1. The summed E-state index contributed by atoms with van der Waals surface area (Å²) in [6.45, 7) is 2.92. The lowest BCUT2D eigenvalue weighted by atomic mass is 10.1. The van der Waals surface area contributed by atoms with Gasteiger partial charge in [0.2, 0.25) is 3.79 Å². The smallest absolute Gasteiger partial charge is 0.213 e. The Morgan fingerprint density at radius 3 is 2.43 bits per heavy atom. The van der Waals surface area contributed by atoms with Gasteiger partial charge in [-0.2, -0.15) is 0 Å². The molecule has 0 saturated heterocycles. The molecular formula is C11H14INO. The second-order valence-electron chi connectivity index (χ2n) is 3.19. The summed E-state index contributed by atoms with van der Waals surface area (Å²) in [6, 6.07) is 9.77. The van der Waals surface area contributed by atoms with E-state index in [0.717, 1.165) is 12.1 Å². The van der Waals surface area contributed by atoms with Crippen molar-refractivity contribution < 1.29 is 4.79 Å². The maximum Gasteiger partial charge on any atom is 0.213 e. The first-order chi connectivity index (χ1) is 6.66. The van der Waals surface area contributed by atoms with Gasteiger partial charge in [0.15, 0.2) is 0 Å². The quantitative estimate of drug-likeness (QED) is 0.629. The highest BCUT2D eigenvalue weighted by Crippen LogP contribution is 2.22. The van der Waals surface area contributed by atoms with Crippen molar-refractivity contribution >= 4 is 26.4 Å². The van der Waals surface area contributed by atoms with Gasteiger partial charge in [-0.15, -0.1) is 0 Å². The van der Waals surface area contributed by atoms with Gasteiger partial charge in [-0.3, -0.25) is 9.69 Å². The predicted molar refractivity (Wildman–Crippen MR) is 66.5 cm³/mol. The van der Waals surface area contributed by atoms with Gasteiger partial charge < -0.3 is 0 Å². The van der Waals surface area contributed by atoms with Crippen LogP contribution >= 0.6 is 22.6 Å². The minimum Gasteiger partial charge on any atom is -0.293 e. The Morgan fingerprint density at radius 2 is 2.00 bits per heavy atom. The molecule has 0 amide bonds. The van der Waals surface area contributed by atoms with Crippen molar-refractivity contribution in [3.05, 3.63) is 35.9 Å². The van der Waals surface area contributed by atoms with Gasteiger partial charge in [-0.1, -0.05) is 37.3 Å². The molecule has 0 aliphatic carbocycles. The first-order valence-electron chi connectivity index (χ1n) is 4.61. The SMILES string of the molecule is CCN(C)[C@@H](C(=O)I)c1ccccc1. The monoisotopic (exact) mass is 303 g/mol. The van der Waals surface area contributed by atoms with E-state index < -0.39 is 0 Å². The molecule has 1 aromatic carbocycles. The second-order valence-corrected chi connectivity index (χ2v) is 4.25. The zero-order valence-corrected chi connectivity index (χ0v) is 10.6. The zero-order valence-electron chi connectivity index (χ0n) is 8.40. The Labute approximate surface area is 98.4 Å². The van der Waals surface area contributed by atoms with Crippen LogP contribution in [0.15, 0.2) is 30.3 Å². The number of hydrogen-bond acceptors (Lipinski definition) is 2. The summed E-state index contributed by atoms with van der Waals surface area (Å²) in [6.07, 6.45) is 0. The average molecular weight is 303 g/mol. The fraction of sp³-hybridized carbons (Fsp3) is 0.364. The van der Waals surface area contributed by atoms with E-state index in [1.165, 1.54) is 0 Å². The molecule has 1 atom stereocenters. The molecule has 2 nitrogen and oxygen atoms in total. The highest BCUT2D eigenvalue weighted by Gasteiger charge is 2.21. The molecule has 76 valence electrons. The molecule has 0 bridgehead atoms. The van der Waals surface area contributed by atoms with Gasteiger partial charge in [0, 0.05) is 22.6 Å². The van der Waals surface area contributed by atoms with Crippen molar-refractivity contribution in [2.24, 2.45) is 0 Å². The van der Waals surface area contributed by atoms with Gasteiger partial charge in [0.1, 0.15) is 6.04 Å². The van der Waals surface area contributed by atoms with Crippen molar-refractivity contribution in [3.8, 4) is 0 Å². The maximum atomic E-state index is 11.5. The van der Waals surface area contributed by atoms with Crippen LogP contribution in [0, 0.1) is 0 Å². The van der Waals surface area contributed by atoms with Crippen molar-refractivity contribution in [3.63, 3.8) is 0 Å². The number of likely N-dealkylation sites (N-methyl/N-ethyl adjacent to an activating group) is 1. The molecule has 0 N–H and O–H groups in total. The zero-order chi connectivity index (χ0) is 10.6. The standard InChI is InChI=1S/C11H14INO/c1-3-13(2)10(11(12)14)9-7-5-4-6-8-9/h4-8,10H,3H2,1-2H3/t10-/m1/s1. The fourth-order valence-corrected chi connectivity index (χ4v) is 2.21. The third-order valence-corrected chi connectivity index (χ3v) is 2.86. The molecule has 0 aliphatic heterocycles. The minimum atomic E-state index is -0.109. The number of carbonyl (C=O) groups is 1. The predicted octanol–water partition coefficient (Wildman–Crippen LogP) is 2.64. The van der Waals surface area contributed by atoms with Crippen molar-refractivity contribution in [2.75, 3.05) is 13.6 Å². The molecule has 3 heteroatoms. The molecular weight excluding hydrogens is 289 g/mol. The summed E-state index contributed by atoms with van der Waals surface area (Å²) in [7, 11) is 1.97. The number of rotatable bonds is 4. The van der Waals surface area contributed by atoms with Crippen LogP contribution in [-0.2, 0) is 4.79 Å². The van der Waals surface area contributed by atoms with E-state index in [4.69, 9.17) is 0 Å². The van der Waals surface area contributed by atoms with Crippen LogP contribution < -0.4 is 0 Å². The Hall–Kier alpha value is -0.420. The van der Waals surface area contributed by atoms with Gasteiger partial charge in [-0.05, 0) is 19.2 Å². The first kappa shape index (κ1) is 11.7. The summed E-state index contributed by atoms with van der Waals surface area (Å²) in [5.41, 5.74) is 1.07. The van der Waals surface area contributed by atoms with Crippen LogP contribution in [0.25, 0.3) is 0 Å². The van der Waals surface area contributed by atoms with E-state index in [2.05, 4.69) is 6.92 Å². The van der Waals surface area contributed by atoms with Crippen molar-refractivity contribution in [2.45, 2.75) is 13.0 Å². The molecule has 0 saturated carbocycles. The van der Waals surface area contributed by atoms with E-state index >= 15 is 0 Å². The first-order valence-corrected chi connectivity index (χ1v) is 5.69. The van der Waals surface area contributed by atoms with Crippen LogP contribution in [0.3, 0.4) is 0 Å². The van der Waals surface area contributed by atoms with E-state index in [9.17, 15) is 4.79 Å². The Bertz CT molecular complexity index is 299. The molecule has 1 aromatic rings. The topological polar surface area (TPSA) is 20.3 Å². The lowest BCUT2D eigenvalue weighted by molar-refractivity contribution is -0.113. The van der Waals surface area contributed by atoms with Gasteiger partial charge >= 0.3 is 0 Å². The fourth-order valence-electron chi connectivity index (χ4n) is 1.38. The van der Waals surface area contributed by atoms with E-state index in [1.54, 1.807) is 0 Å². The highest BCUT2D eigenvalue weighted by molar-refractivity contribution is 14.1. The molecule has 0 unspecified atom stereocenters. The van der Waals surface area contributed by atoms with Crippen LogP contribution in [0.5, 0.6) is 0 Å². The third kappa shape index (κ3) is 2.78. The summed E-state index contributed by atoms with van der Waals surface area (Å²) in [5.74, 6) is 0. The Morgan fingerprint density at radius 1 is 1.43 bits per heavy atom. The van der Waals surface area contributed by atoms with E-state index in [0.29, 0.717) is 0 Å². The summed E-state index contributed by atoms with van der Waals surface area (Å²) in [5, 5.41) is 0. The van der Waals surface area contributed by atoms with Gasteiger partial charge in [0.25, 0.3) is 0 Å². The largest absolute Gasteiger partial charge is 0.293 e. The molecule has 0 aliphatic rings.